The van der Waals surface area contributed by atoms with Gasteiger partial charge in [0.25, 0.3) is 0 Å². The number of nitrogens with zero attached hydrogens (tertiary/aromatic N) is 6. The molecule has 4 aromatic rings. The SMILES string of the molecule is N#Cc1cc(C#N)cc(-c2nc(N)nc3c2cnn3Cc2cc(I)cc(C(F)(F)F)c2)c1. The van der Waals surface area contributed by atoms with Crippen molar-refractivity contribution >= 4 is 39.6 Å². The molecule has 0 fully saturated rings. The van der Waals surface area contributed by atoms with Gasteiger partial charge in [-0.3, -0.25) is 0 Å². The Morgan fingerprint density at radius 2 is 1.69 bits per heavy atom. The Morgan fingerprint density at radius 1 is 1.00 bits per heavy atom. The summed E-state index contributed by atoms with van der Waals surface area (Å²) in [6.45, 7) is 0.0288. The second kappa shape index (κ2) is 8.09. The van der Waals surface area contributed by atoms with E-state index in [1.165, 1.54) is 16.9 Å². The van der Waals surface area contributed by atoms with E-state index in [2.05, 4.69) is 15.1 Å². The highest BCUT2D eigenvalue weighted by Gasteiger charge is 2.31. The Labute approximate surface area is 193 Å². The lowest BCUT2D eigenvalue weighted by Gasteiger charge is -2.11. The molecule has 7 nitrogen and oxygen atoms in total. The minimum absolute atomic E-state index is 0.0288. The van der Waals surface area contributed by atoms with Gasteiger partial charge in [0.1, 0.15) is 0 Å². The molecule has 2 heterocycles. The molecule has 0 saturated heterocycles. The lowest BCUT2D eigenvalue weighted by molar-refractivity contribution is -0.137. The Balaban J connectivity index is 1.83. The zero-order chi connectivity index (χ0) is 23.0. The predicted octanol–water partition coefficient (Wildman–Crippen LogP) is 4.49. The van der Waals surface area contributed by atoms with Crippen LogP contribution in [0.4, 0.5) is 19.1 Å². The smallest absolute Gasteiger partial charge is 0.368 e. The predicted molar refractivity (Wildman–Crippen MR) is 118 cm³/mol. The number of nitrogens with two attached hydrogens (primary N) is 1. The average Bonchev–Trinajstić information content (AvgIpc) is 3.14. The molecule has 0 bridgehead atoms. The van der Waals surface area contributed by atoms with Crippen molar-refractivity contribution in [1.82, 2.24) is 19.7 Å². The average molecular weight is 545 g/mol. The van der Waals surface area contributed by atoms with Crippen LogP contribution in [0.25, 0.3) is 22.3 Å². The van der Waals surface area contributed by atoms with Gasteiger partial charge in [0, 0.05) is 9.13 Å². The maximum Gasteiger partial charge on any atom is 0.416 e. The van der Waals surface area contributed by atoms with Gasteiger partial charge < -0.3 is 5.73 Å². The summed E-state index contributed by atoms with van der Waals surface area (Å²) in [5, 5.41) is 23.3. The maximum absolute atomic E-state index is 13.2. The number of halogens is 4. The van der Waals surface area contributed by atoms with Crippen LogP contribution in [0.2, 0.25) is 0 Å². The van der Waals surface area contributed by atoms with E-state index in [1.807, 2.05) is 34.7 Å². The lowest BCUT2D eigenvalue weighted by atomic mass is 10.0. The molecule has 0 amide bonds. The van der Waals surface area contributed by atoms with E-state index in [-0.39, 0.29) is 23.6 Å². The Hall–Kier alpha value is -3.71. The first kappa shape index (κ1) is 21.5. The Morgan fingerprint density at radius 3 is 2.31 bits per heavy atom. The third kappa shape index (κ3) is 4.20. The van der Waals surface area contributed by atoms with Crippen molar-refractivity contribution in [3.8, 4) is 23.4 Å². The maximum atomic E-state index is 13.2. The third-order valence-corrected chi connectivity index (χ3v) is 5.22. The van der Waals surface area contributed by atoms with E-state index in [0.717, 1.165) is 12.1 Å². The van der Waals surface area contributed by atoms with Gasteiger partial charge in [-0.15, -0.1) is 0 Å². The summed E-state index contributed by atoms with van der Waals surface area (Å²) in [5.74, 6) is -0.0752. The topological polar surface area (TPSA) is 117 Å². The van der Waals surface area contributed by atoms with Crippen molar-refractivity contribution in [2.24, 2.45) is 0 Å². The summed E-state index contributed by atoms with van der Waals surface area (Å²) in [6, 6.07) is 12.3. The summed E-state index contributed by atoms with van der Waals surface area (Å²) in [5.41, 5.74) is 7.25. The first-order valence-corrected chi connectivity index (χ1v) is 10.1. The van der Waals surface area contributed by atoms with Crippen LogP contribution in [0.3, 0.4) is 0 Å². The van der Waals surface area contributed by atoms with Gasteiger partial charge in [-0.05, 0) is 64.6 Å². The van der Waals surface area contributed by atoms with E-state index in [0.29, 0.717) is 31.4 Å². The number of fused-ring (bicyclic) bond motifs is 1. The fraction of sp³-hybridized carbons (Fsp3) is 0.0952. The number of nitriles is 2. The number of hydrogen-bond donors (Lipinski definition) is 1. The van der Waals surface area contributed by atoms with Gasteiger partial charge in [-0.1, -0.05) is 0 Å². The minimum Gasteiger partial charge on any atom is -0.368 e. The van der Waals surface area contributed by atoms with Gasteiger partial charge in [-0.2, -0.15) is 33.8 Å². The molecule has 0 spiro atoms. The summed E-state index contributed by atoms with van der Waals surface area (Å²) in [6.07, 6.45) is -2.99. The van der Waals surface area contributed by atoms with Gasteiger partial charge in [0.05, 0.1) is 52.7 Å². The fourth-order valence-corrected chi connectivity index (χ4v) is 4.02. The first-order chi connectivity index (χ1) is 15.2. The molecule has 0 aliphatic carbocycles. The summed E-state index contributed by atoms with van der Waals surface area (Å²) in [4.78, 5) is 8.46. The van der Waals surface area contributed by atoms with Gasteiger partial charge >= 0.3 is 6.18 Å². The number of rotatable bonds is 3. The van der Waals surface area contributed by atoms with Crippen LogP contribution in [0.1, 0.15) is 22.3 Å². The van der Waals surface area contributed by atoms with Crippen molar-refractivity contribution < 1.29 is 13.2 Å². The summed E-state index contributed by atoms with van der Waals surface area (Å²) >= 11 is 1.83. The van der Waals surface area contributed by atoms with Crippen molar-refractivity contribution in [1.29, 1.82) is 10.5 Å². The largest absolute Gasteiger partial charge is 0.416 e. The van der Waals surface area contributed by atoms with Crippen LogP contribution in [0.15, 0.2) is 42.6 Å². The van der Waals surface area contributed by atoms with E-state index < -0.39 is 11.7 Å². The molecule has 0 atom stereocenters. The normalized spacial score (nSPS) is 11.3. The standard InChI is InChI=1S/C21H11F3IN7/c22-21(23,24)15-4-13(5-16(25)6-15)10-32-19-17(9-29-32)18(30-20(28)31-19)14-2-11(7-26)1-12(3-14)8-27/h1-6,9H,10H2,(H2,28,30,31). The molecule has 0 saturated carbocycles. The summed E-state index contributed by atoms with van der Waals surface area (Å²) < 4.78 is 41.4. The third-order valence-electron chi connectivity index (χ3n) is 4.60. The molecule has 2 aromatic heterocycles. The summed E-state index contributed by atoms with van der Waals surface area (Å²) in [7, 11) is 0. The molecule has 11 heteroatoms. The van der Waals surface area contributed by atoms with Crippen LogP contribution in [0.5, 0.6) is 0 Å². The molecular formula is C21H11F3IN7. The van der Waals surface area contributed by atoms with Gasteiger partial charge in [0.2, 0.25) is 5.95 Å². The number of alkyl halides is 3. The quantitative estimate of drug-likeness (QED) is 0.380. The molecule has 2 aromatic carbocycles. The van der Waals surface area contributed by atoms with Crippen LogP contribution in [-0.4, -0.2) is 19.7 Å². The molecule has 158 valence electrons. The number of anilines is 1. The van der Waals surface area contributed by atoms with Gasteiger partial charge in [-0.25, -0.2) is 9.67 Å². The van der Waals surface area contributed by atoms with Crippen molar-refractivity contribution in [2.75, 3.05) is 5.73 Å². The molecule has 4 rings (SSSR count). The molecule has 0 radical (unpaired) electrons. The Bertz CT molecular complexity index is 1410. The van der Waals surface area contributed by atoms with Crippen LogP contribution in [0, 0.1) is 26.2 Å². The first-order valence-electron chi connectivity index (χ1n) is 8.99. The van der Waals surface area contributed by atoms with E-state index in [9.17, 15) is 23.7 Å². The van der Waals surface area contributed by atoms with Crippen LogP contribution in [-0.2, 0) is 12.7 Å². The van der Waals surface area contributed by atoms with E-state index in [1.54, 1.807) is 18.2 Å². The van der Waals surface area contributed by atoms with Crippen LogP contribution < -0.4 is 5.73 Å². The van der Waals surface area contributed by atoms with Gasteiger partial charge in [0.15, 0.2) is 5.65 Å². The van der Waals surface area contributed by atoms with Crippen LogP contribution >= 0.6 is 22.6 Å². The molecule has 0 aliphatic heterocycles. The fourth-order valence-electron chi connectivity index (χ4n) is 3.28. The second-order valence-electron chi connectivity index (χ2n) is 6.84. The monoisotopic (exact) mass is 545 g/mol. The van der Waals surface area contributed by atoms with E-state index >= 15 is 0 Å². The minimum atomic E-state index is -4.47. The van der Waals surface area contributed by atoms with Crippen molar-refractivity contribution in [3.63, 3.8) is 0 Å². The highest BCUT2D eigenvalue weighted by Crippen LogP contribution is 2.32. The number of aromatic nitrogens is 4. The lowest BCUT2D eigenvalue weighted by Crippen LogP contribution is -2.09. The highest BCUT2D eigenvalue weighted by molar-refractivity contribution is 14.1. The zero-order valence-corrected chi connectivity index (χ0v) is 18.2. The highest BCUT2D eigenvalue weighted by atomic mass is 127. The molecular weight excluding hydrogens is 534 g/mol. The second-order valence-corrected chi connectivity index (χ2v) is 8.08. The van der Waals surface area contributed by atoms with E-state index in [4.69, 9.17) is 5.73 Å². The molecule has 2 N–H and O–H groups in total. The Kier molecular flexibility index (Phi) is 5.44. The number of benzene rings is 2. The molecule has 0 unspecified atom stereocenters. The zero-order valence-electron chi connectivity index (χ0n) is 16.0. The molecule has 32 heavy (non-hydrogen) atoms. The molecule has 0 aliphatic rings. The van der Waals surface area contributed by atoms with Crippen molar-refractivity contribution in [2.45, 2.75) is 12.7 Å². The number of nitrogen functional groups attached to an aromatic ring is 1. The number of hydrogen-bond acceptors (Lipinski definition) is 6. The van der Waals surface area contributed by atoms with Crippen molar-refractivity contribution in [3.05, 3.63) is 68.4 Å².